The Morgan fingerprint density at radius 2 is 2.24 bits per heavy atom. The molecule has 1 saturated heterocycles. The number of hydrogen-bond donors (Lipinski definition) is 0. The number of thiophene rings is 1. The molecule has 17 heavy (non-hydrogen) atoms. The van der Waals surface area contributed by atoms with E-state index in [2.05, 4.69) is 4.90 Å². The first kappa shape index (κ1) is 14.4. The zero-order chi connectivity index (χ0) is 11.2. The van der Waals surface area contributed by atoms with Crippen molar-refractivity contribution in [2.45, 2.75) is 0 Å². The van der Waals surface area contributed by atoms with Crippen LogP contribution in [-0.4, -0.2) is 50.3 Å². The standard InChI is InChI=1S/C11H15NO3S.ClH/c13-11(10-2-1-9-16-10)15-8-5-12-3-6-14-7-4-12;/h1-2,9H,3-8H2;1H/p-1. The zero-order valence-electron chi connectivity index (χ0n) is 9.43. The lowest BCUT2D eigenvalue weighted by molar-refractivity contribution is -0.0000361. The number of rotatable bonds is 4. The molecular weight excluding hydrogens is 262 g/mol. The van der Waals surface area contributed by atoms with Crippen LogP contribution in [0.25, 0.3) is 0 Å². The predicted molar refractivity (Wildman–Crippen MR) is 61.9 cm³/mol. The van der Waals surface area contributed by atoms with E-state index in [9.17, 15) is 4.79 Å². The number of carbonyl (C=O) groups excluding carboxylic acids is 1. The van der Waals surface area contributed by atoms with Gasteiger partial charge >= 0.3 is 5.97 Å². The van der Waals surface area contributed by atoms with E-state index in [0.29, 0.717) is 11.5 Å². The van der Waals surface area contributed by atoms with Crippen LogP contribution >= 0.6 is 11.3 Å². The normalized spacial score (nSPS) is 16.2. The van der Waals surface area contributed by atoms with Gasteiger partial charge in [-0.2, -0.15) is 0 Å². The molecule has 0 N–H and O–H groups in total. The summed E-state index contributed by atoms with van der Waals surface area (Å²) in [6.07, 6.45) is 0. The van der Waals surface area contributed by atoms with Crippen molar-refractivity contribution in [2.24, 2.45) is 0 Å². The van der Waals surface area contributed by atoms with Gasteiger partial charge in [0.05, 0.1) is 13.2 Å². The maximum Gasteiger partial charge on any atom is 0.348 e. The van der Waals surface area contributed by atoms with Gasteiger partial charge in [0.25, 0.3) is 0 Å². The highest BCUT2D eigenvalue weighted by molar-refractivity contribution is 7.11. The van der Waals surface area contributed by atoms with Crippen molar-refractivity contribution < 1.29 is 26.7 Å². The van der Waals surface area contributed by atoms with E-state index in [1.807, 2.05) is 11.4 Å². The van der Waals surface area contributed by atoms with Crippen LogP contribution in [0.1, 0.15) is 9.67 Å². The molecule has 96 valence electrons. The molecule has 0 spiro atoms. The zero-order valence-corrected chi connectivity index (χ0v) is 11.0. The molecule has 0 unspecified atom stereocenters. The molecule has 6 heteroatoms. The predicted octanol–water partition coefficient (Wildman–Crippen LogP) is -1.76. The van der Waals surface area contributed by atoms with E-state index in [-0.39, 0.29) is 18.4 Å². The van der Waals surface area contributed by atoms with Gasteiger partial charge in [-0.05, 0) is 11.4 Å². The fourth-order valence-electron chi connectivity index (χ4n) is 1.56. The fraction of sp³-hybridized carbons (Fsp3) is 0.545. The minimum absolute atomic E-state index is 0. The minimum Gasteiger partial charge on any atom is -1.00 e. The van der Waals surface area contributed by atoms with Crippen LogP contribution in [0, 0.1) is 0 Å². The molecule has 2 rings (SSSR count). The highest BCUT2D eigenvalue weighted by Crippen LogP contribution is 2.09. The minimum atomic E-state index is -0.219. The topological polar surface area (TPSA) is 38.8 Å². The quantitative estimate of drug-likeness (QED) is 0.611. The monoisotopic (exact) mass is 276 g/mol. The summed E-state index contributed by atoms with van der Waals surface area (Å²) >= 11 is 1.41. The molecule has 1 fully saturated rings. The lowest BCUT2D eigenvalue weighted by Crippen LogP contribution is -3.00. The summed E-state index contributed by atoms with van der Waals surface area (Å²) < 4.78 is 10.4. The Kier molecular flexibility index (Phi) is 6.50. The third kappa shape index (κ3) is 4.63. The third-order valence-corrected chi connectivity index (χ3v) is 3.32. The van der Waals surface area contributed by atoms with E-state index >= 15 is 0 Å². The largest absolute Gasteiger partial charge is 1.00 e. The maximum absolute atomic E-state index is 11.5. The Morgan fingerprint density at radius 1 is 1.47 bits per heavy atom. The SMILES string of the molecule is O=C(OCCN1CCOCC1)c1cccs1.[Cl-]. The van der Waals surface area contributed by atoms with Crippen molar-refractivity contribution in [1.82, 2.24) is 4.90 Å². The highest BCUT2D eigenvalue weighted by Gasteiger charge is 2.12. The van der Waals surface area contributed by atoms with Crippen LogP contribution in [0.4, 0.5) is 0 Å². The van der Waals surface area contributed by atoms with Crippen molar-refractivity contribution in [3.05, 3.63) is 22.4 Å². The van der Waals surface area contributed by atoms with Gasteiger partial charge in [0, 0.05) is 19.6 Å². The Morgan fingerprint density at radius 3 is 2.88 bits per heavy atom. The molecule has 1 aromatic heterocycles. The van der Waals surface area contributed by atoms with Crippen molar-refractivity contribution in [2.75, 3.05) is 39.5 Å². The summed E-state index contributed by atoms with van der Waals surface area (Å²) in [5.74, 6) is -0.219. The summed E-state index contributed by atoms with van der Waals surface area (Å²) in [5.41, 5.74) is 0. The lowest BCUT2D eigenvalue weighted by Gasteiger charge is -2.26. The van der Waals surface area contributed by atoms with Crippen LogP contribution in [-0.2, 0) is 9.47 Å². The smallest absolute Gasteiger partial charge is 0.348 e. The number of halogens is 1. The summed E-state index contributed by atoms with van der Waals surface area (Å²) in [5, 5.41) is 1.87. The average molecular weight is 277 g/mol. The Balaban J connectivity index is 0.00000144. The van der Waals surface area contributed by atoms with Crippen molar-refractivity contribution in [1.29, 1.82) is 0 Å². The average Bonchev–Trinajstić information content (AvgIpc) is 2.84. The van der Waals surface area contributed by atoms with Crippen LogP contribution in [0.5, 0.6) is 0 Å². The molecule has 1 aliphatic heterocycles. The second kappa shape index (κ2) is 7.66. The van der Waals surface area contributed by atoms with Gasteiger partial charge in [0.2, 0.25) is 0 Å². The fourth-order valence-corrected chi connectivity index (χ4v) is 2.17. The van der Waals surface area contributed by atoms with Crippen LogP contribution in [0.2, 0.25) is 0 Å². The number of hydrogen-bond acceptors (Lipinski definition) is 5. The molecule has 0 aromatic carbocycles. The third-order valence-electron chi connectivity index (χ3n) is 2.47. The molecule has 0 saturated carbocycles. The molecule has 1 aliphatic rings. The number of ether oxygens (including phenoxy) is 2. The number of nitrogens with zero attached hydrogens (tertiary/aromatic N) is 1. The molecule has 1 aromatic rings. The van der Waals surface area contributed by atoms with Gasteiger partial charge in [0.1, 0.15) is 11.5 Å². The first-order valence-corrected chi connectivity index (χ1v) is 6.25. The summed E-state index contributed by atoms with van der Waals surface area (Å²) in [6.45, 7) is 4.65. The van der Waals surface area contributed by atoms with Gasteiger partial charge in [-0.3, -0.25) is 4.90 Å². The lowest BCUT2D eigenvalue weighted by atomic mass is 10.4. The van der Waals surface area contributed by atoms with Crippen molar-refractivity contribution in [3.8, 4) is 0 Å². The highest BCUT2D eigenvalue weighted by atomic mass is 35.5. The summed E-state index contributed by atoms with van der Waals surface area (Å²) in [4.78, 5) is 14.4. The van der Waals surface area contributed by atoms with E-state index in [1.54, 1.807) is 6.07 Å². The molecule has 0 aliphatic carbocycles. The van der Waals surface area contributed by atoms with Gasteiger partial charge in [0.15, 0.2) is 0 Å². The Labute approximate surface area is 111 Å². The molecule has 0 amide bonds. The number of esters is 1. The number of carbonyl (C=O) groups is 1. The van der Waals surface area contributed by atoms with Gasteiger partial charge in [-0.1, -0.05) is 6.07 Å². The van der Waals surface area contributed by atoms with Gasteiger partial charge < -0.3 is 21.9 Å². The molecule has 4 nitrogen and oxygen atoms in total. The van der Waals surface area contributed by atoms with E-state index in [0.717, 1.165) is 32.8 Å². The van der Waals surface area contributed by atoms with Crippen molar-refractivity contribution >= 4 is 17.3 Å². The van der Waals surface area contributed by atoms with Gasteiger partial charge in [-0.15, -0.1) is 11.3 Å². The maximum atomic E-state index is 11.5. The van der Waals surface area contributed by atoms with Crippen LogP contribution < -0.4 is 12.4 Å². The van der Waals surface area contributed by atoms with E-state index in [4.69, 9.17) is 9.47 Å². The molecule has 0 atom stereocenters. The van der Waals surface area contributed by atoms with E-state index in [1.165, 1.54) is 11.3 Å². The van der Waals surface area contributed by atoms with Gasteiger partial charge in [-0.25, -0.2) is 4.79 Å². The first-order chi connectivity index (χ1) is 7.86. The second-order valence-electron chi connectivity index (χ2n) is 3.57. The van der Waals surface area contributed by atoms with Crippen LogP contribution in [0.15, 0.2) is 17.5 Å². The van der Waals surface area contributed by atoms with Crippen LogP contribution in [0.3, 0.4) is 0 Å². The number of morpholine rings is 1. The second-order valence-corrected chi connectivity index (χ2v) is 4.51. The Bertz CT molecular complexity index is 325. The molecular formula is C11H15ClNO3S-. The van der Waals surface area contributed by atoms with E-state index < -0.39 is 0 Å². The molecule has 0 radical (unpaired) electrons. The first-order valence-electron chi connectivity index (χ1n) is 5.37. The summed E-state index contributed by atoms with van der Waals surface area (Å²) in [6, 6.07) is 3.63. The molecule has 0 bridgehead atoms. The van der Waals surface area contributed by atoms with Crippen molar-refractivity contribution in [3.63, 3.8) is 0 Å². The Hall–Kier alpha value is -0.620. The summed E-state index contributed by atoms with van der Waals surface area (Å²) in [7, 11) is 0. The molecule has 2 heterocycles.